The quantitative estimate of drug-likeness (QED) is 0.729. The van der Waals surface area contributed by atoms with Crippen molar-refractivity contribution in [3.8, 4) is 0 Å². The molecule has 0 aromatic heterocycles. The normalized spacial score (nSPS) is 25.9. The van der Waals surface area contributed by atoms with Crippen molar-refractivity contribution in [2.45, 2.75) is 50.0 Å². The Morgan fingerprint density at radius 3 is 2.35 bits per heavy atom. The SMILES string of the molecule is COC1CCCC1NC(=O)NC(C)(C(=O)O)C(F)(F)F. The van der Waals surface area contributed by atoms with Crippen LogP contribution in [0.15, 0.2) is 0 Å². The highest BCUT2D eigenvalue weighted by Crippen LogP contribution is 2.30. The Morgan fingerprint density at radius 1 is 1.30 bits per heavy atom. The summed E-state index contributed by atoms with van der Waals surface area (Å²) in [4.78, 5) is 22.4. The van der Waals surface area contributed by atoms with E-state index in [4.69, 9.17) is 9.84 Å². The molecule has 1 aliphatic rings. The molecule has 3 unspecified atom stereocenters. The Hall–Kier alpha value is -1.51. The zero-order valence-corrected chi connectivity index (χ0v) is 11.1. The third kappa shape index (κ3) is 3.33. The zero-order valence-electron chi connectivity index (χ0n) is 11.1. The summed E-state index contributed by atoms with van der Waals surface area (Å²) >= 11 is 0. The van der Waals surface area contributed by atoms with E-state index in [1.807, 2.05) is 0 Å². The summed E-state index contributed by atoms with van der Waals surface area (Å²) in [6.45, 7) is 0.400. The van der Waals surface area contributed by atoms with Crippen molar-refractivity contribution in [2.24, 2.45) is 0 Å². The number of carbonyl (C=O) groups is 2. The van der Waals surface area contributed by atoms with E-state index in [1.54, 1.807) is 0 Å². The molecule has 0 aliphatic heterocycles. The summed E-state index contributed by atoms with van der Waals surface area (Å²) in [5.74, 6) is -2.17. The van der Waals surface area contributed by atoms with Crippen LogP contribution < -0.4 is 10.6 Å². The summed E-state index contributed by atoms with van der Waals surface area (Å²) in [6, 6.07) is -1.60. The smallest absolute Gasteiger partial charge is 0.422 e. The van der Waals surface area contributed by atoms with Crippen LogP contribution in [-0.2, 0) is 9.53 Å². The second-order valence-electron chi connectivity index (χ2n) is 4.84. The fourth-order valence-electron chi connectivity index (χ4n) is 2.05. The van der Waals surface area contributed by atoms with Crippen LogP contribution in [0.3, 0.4) is 0 Å². The molecular weight excluding hydrogens is 281 g/mol. The standard InChI is InChI=1S/C11H17F3N2O4/c1-10(8(17)18,11(12,13)14)16-9(19)15-6-4-3-5-7(6)20-2/h6-7H,3-5H2,1-2H3,(H,17,18)(H2,15,16,19). The molecule has 3 N–H and O–H groups in total. The number of amides is 2. The number of urea groups is 1. The minimum Gasteiger partial charge on any atom is -0.479 e. The minimum atomic E-state index is -5.10. The first-order chi connectivity index (χ1) is 9.11. The molecule has 0 bridgehead atoms. The number of carboxylic acids is 1. The molecule has 0 saturated heterocycles. The Kier molecular flexibility index (Phi) is 4.85. The summed E-state index contributed by atoms with van der Waals surface area (Å²) in [7, 11) is 1.44. The second-order valence-corrected chi connectivity index (χ2v) is 4.84. The van der Waals surface area contributed by atoms with Crippen molar-refractivity contribution in [1.82, 2.24) is 10.6 Å². The fraction of sp³-hybridized carbons (Fsp3) is 0.818. The van der Waals surface area contributed by atoms with Crippen molar-refractivity contribution in [3.63, 3.8) is 0 Å². The summed E-state index contributed by atoms with van der Waals surface area (Å²) in [5.41, 5.74) is -3.34. The van der Waals surface area contributed by atoms with Gasteiger partial charge in [0.25, 0.3) is 0 Å². The van der Waals surface area contributed by atoms with Gasteiger partial charge in [0.1, 0.15) is 0 Å². The molecule has 0 aromatic carbocycles. The van der Waals surface area contributed by atoms with Crippen LogP contribution in [0.2, 0.25) is 0 Å². The van der Waals surface area contributed by atoms with Gasteiger partial charge in [-0.05, 0) is 26.2 Å². The molecule has 1 saturated carbocycles. The Labute approximate surface area is 113 Å². The van der Waals surface area contributed by atoms with Crippen molar-refractivity contribution in [2.75, 3.05) is 7.11 Å². The van der Waals surface area contributed by atoms with Crippen LogP contribution in [-0.4, -0.2) is 48.1 Å². The molecule has 2 amide bonds. The van der Waals surface area contributed by atoms with Gasteiger partial charge in [-0.3, -0.25) is 0 Å². The first-order valence-corrected chi connectivity index (χ1v) is 6.03. The molecular formula is C11H17F3N2O4. The number of methoxy groups -OCH3 is 1. The van der Waals surface area contributed by atoms with Crippen LogP contribution >= 0.6 is 0 Å². The Bertz CT molecular complexity index is 388. The average Bonchev–Trinajstić information content (AvgIpc) is 2.74. The highest BCUT2D eigenvalue weighted by atomic mass is 19.4. The third-order valence-electron chi connectivity index (χ3n) is 3.43. The monoisotopic (exact) mass is 298 g/mol. The number of hydrogen-bond donors (Lipinski definition) is 3. The minimum absolute atomic E-state index is 0.275. The number of alkyl halides is 3. The largest absolute Gasteiger partial charge is 0.479 e. The second kappa shape index (κ2) is 5.86. The van der Waals surface area contributed by atoms with Crippen molar-refractivity contribution in [1.29, 1.82) is 0 Å². The van der Waals surface area contributed by atoms with Crippen LogP contribution in [0.1, 0.15) is 26.2 Å². The van der Waals surface area contributed by atoms with Gasteiger partial charge < -0.3 is 20.5 Å². The van der Waals surface area contributed by atoms with Gasteiger partial charge in [-0.1, -0.05) is 0 Å². The average molecular weight is 298 g/mol. The third-order valence-corrected chi connectivity index (χ3v) is 3.43. The van der Waals surface area contributed by atoms with Gasteiger partial charge in [-0.2, -0.15) is 13.2 Å². The number of hydrogen-bond acceptors (Lipinski definition) is 3. The number of nitrogens with one attached hydrogen (secondary N) is 2. The predicted molar refractivity (Wildman–Crippen MR) is 62.2 cm³/mol. The van der Waals surface area contributed by atoms with Crippen molar-refractivity contribution < 1.29 is 32.6 Å². The molecule has 3 atom stereocenters. The lowest BCUT2D eigenvalue weighted by Gasteiger charge is -2.29. The van der Waals surface area contributed by atoms with Gasteiger partial charge in [-0.15, -0.1) is 0 Å². The molecule has 116 valence electrons. The summed E-state index contributed by atoms with van der Waals surface area (Å²) in [5, 5.41) is 12.5. The lowest BCUT2D eigenvalue weighted by Crippen LogP contribution is -2.64. The number of aliphatic carboxylic acids is 1. The lowest BCUT2D eigenvalue weighted by molar-refractivity contribution is -0.203. The molecule has 0 heterocycles. The lowest BCUT2D eigenvalue weighted by atomic mass is 10.0. The molecule has 1 fully saturated rings. The number of carbonyl (C=O) groups excluding carboxylic acids is 1. The van der Waals surface area contributed by atoms with E-state index in [0.717, 1.165) is 6.42 Å². The van der Waals surface area contributed by atoms with E-state index in [2.05, 4.69) is 5.32 Å². The summed E-state index contributed by atoms with van der Waals surface area (Å²) in [6.07, 6.45) is -3.34. The van der Waals surface area contributed by atoms with Gasteiger partial charge in [0.15, 0.2) is 0 Å². The maximum atomic E-state index is 12.7. The van der Waals surface area contributed by atoms with Gasteiger partial charge in [0.2, 0.25) is 5.54 Å². The van der Waals surface area contributed by atoms with Crippen LogP contribution in [0.25, 0.3) is 0 Å². The Morgan fingerprint density at radius 2 is 1.90 bits per heavy atom. The number of rotatable bonds is 4. The molecule has 20 heavy (non-hydrogen) atoms. The van der Waals surface area contributed by atoms with Crippen molar-refractivity contribution >= 4 is 12.0 Å². The van der Waals surface area contributed by atoms with E-state index < -0.39 is 29.8 Å². The van der Waals surface area contributed by atoms with Crippen LogP contribution in [0, 0.1) is 0 Å². The fourth-order valence-corrected chi connectivity index (χ4v) is 2.05. The number of halogens is 3. The maximum Gasteiger partial charge on any atom is 0.422 e. The molecule has 6 nitrogen and oxygen atoms in total. The van der Waals surface area contributed by atoms with Gasteiger partial charge in [-0.25, -0.2) is 9.59 Å². The summed E-state index contributed by atoms with van der Waals surface area (Å²) < 4.78 is 43.3. The number of carboxylic acid groups (broad SMARTS) is 1. The molecule has 0 spiro atoms. The van der Waals surface area contributed by atoms with Crippen LogP contribution in [0.5, 0.6) is 0 Å². The first kappa shape index (κ1) is 16.5. The van der Waals surface area contributed by atoms with Gasteiger partial charge in [0, 0.05) is 7.11 Å². The molecule has 0 radical (unpaired) electrons. The van der Waals surface area contributed by atoms with E-state index in [-0.39, 0.29) is 6.10 Å². The van der Waals surface area contributed by atoms with Gasteiger partial charge in [0.05, 0.1) is 12.1 Å². The molecule has 0 aromatic rings. The predicted octanol–water partition coefficient (Wildman–Crippen LogP) is 1.26. The van der Waals surface area contributed by atoms with E-state index >= 15 is 0 Å². The molecule has 9 heteroatoms. The van der Waals surface area contributed by atoms with E-state index in [9.17, 15) is 22.8 Å². The van der Waals surface area contributed by atoms with Crippen molar-refractivity contribution in [3.05, 3.63) is 0 Å². The van der Waals surface area contributed by atoms with Crippen LogP contribution in [0.4, 0.5) is 18.0 Å². The number of ether oxygens (including phenoxy) is 1. The molecule has 1 rings (SSSR count). The van der Waals surface area contributed by atoms with Gasteiger partial charge >= 0.3 is 18.2 Å². The highest BCUT2D eigenvalue weighted by molar-refractivity contribution is 5.86. The topological polar surface area (TPSA) is 87.7 Å². The van der Waals surface area contributed by atoms with E-state index in [0.29, 0.717) is 19.8 Å². The highest BCUT2D eigenvalue weighted by Gasteiger charge is 2.58. The maximum absolute atomic E-state index is 12.7. The molecule has 1 aliphatic carbocycles. The van der Waals surface area contributed by atoms with E-state index in [1.165, 1.54) is 12.4 Å². The Balaban J connectivity index is 2.71. The zero-order chi connectivity index (χ0) is 15.6. The first-order valence-electron chi connectivity index (χ1n) is 6.03.